The summed E-state index contributed by atoms with van der Waals surface area (Å²) < 4.78 is 12.7. The van der Waals surface area contributed by atoms with Crippen molar-refractivity contribution in [2.45, 2.75) is 45.8 Å². The Morgan fingerprint density at radius 2 is 2.03 bits per heavy atom. The average molecular weight is 422 g/mol. The molecule has 0 radical (unpaired) electrons. The van der Waals surface area contributed by atoms with Crippen LogP contribution in [0.1, 0.15) is 51.4 Å². The number of fused-ring (bicyclic) bond motifs is 4. The molecule has 31 heavy (non-hydrogen) atoms. The normalized spacial score (nSPS) is 20.5. The molecule has 3 aromatic rings. The van der Waals surface area contributed by atoms with Gasteiger partial charge < -0.3 is 18.8 Å². The lowest BCUT2D eigenvalue weighted by atomic mass is 9.83. The second-order valence-electron chi connectivity index (χ2n) is 8.71. The van der Waals surface area contributed by atoms with Gasteiger partial charge in [-0.05, 0) is 50.5 Å². The Hall–Kier alpha value is -3.13. The summed E-state index contributed by atoms with van der Waals surface area (Å²) in [5.74, 6) is 2.74. The van der Waals surface area contributed by atoms with E-state index >= 15 is 0 Å². The number of carbonyl (C=O) groups excluding carboxylic acids is 1. The van der Waals surface area contributed by atoms with Crippen molar-refractivity contribution in [3.05, 3.63) is 74.9 Å². The highest BCUT2D eigenvalue weighted by atomic mass is 16.5. The number of piperidine rings is 1. The van der Waals surface area contributed by atoms with Crippen molar-refractivity contribution in [3.63, 3.8) is 0 Å². The number of hydrogen-bond acceptors (Lipinski definition) is 6. The molecule has 0 spiro atoms. The highest BCUT2D eigenvalue weighted by molar-refractivity contribution is 5.93. The quantitative estimate of drug-likeness (QED) is 0.679. The van der Waals surface area contributed by atoms with Gasteiger partial charge in [0, 0.05) is 37.3 Å². The molecule has 0 aromatic carbocycles. The molecule has 0 aliphatic carbocycles. The molecule has 1 saturated heterocycles. The maximum absolute atomic E-state index is 13.1. The van der Waals surface area contributed by atoms with Gasteiger partial charge in [-0.25, -0.2) is 0 Å². The Labute approximate surface area is 179 Å². The molecule has 1 N–H and O–H groups in total. The van der Waals surface area contributed by atoms with Crippen molar-refractivity contribution in [1.82, 2.24) is 19.9 Å². The van der Waals surface area contributed by atoms with Crippen LogP contribution in [0.4, 0.5) is 0 Å². The van der Waals surface area contributed by atoms with Gasteiger partial charge in [0.15, 0.2) is 5.76 Å². The number of nitrogens with zero attached hydrogens (tertiary/aromatic N) is 3. The number of rotatable bonds is 5. The van der Waals surface area contributed by atoms with Gasteiger partial charge in [-0.1, -0.05) is 5.16 Å². The van der Waals surface area contributed by atoms with E-state index in [0.29, 0.717) is 18.2 Å². The summed E-state index contributed by atoms with van der Waals surface area (Å²) in [5.41, 5.74) is 1.72. The molecule has 5 rings (SSSR count). The average Bonchev–Trinajstić information content (AvgIpc) is 3.34. The zero-order valence-corrected chi connectivity index (χ0v) is 17.8. The van der Waals surface area contributed by atoms with Crippen LogP contribution in [0.2, 0.25) is 0 Å². The molecule has 2 bridgehead atoms. The molecule has 5 heterocycles. The molecule has 0 saturated carbocycles. The Bertz CT molecular complexity index is 1170. The van der Waals surface area contributed by atoms with Crippen LogP contribution >= 0.6 is 0 Å². The molecular weight excluding hydrogens is 396 g/mol. The predicted molar refractivity (Wildman–Crippen MR) is 113 cm³/mol. The molecule has 162 valence electrons. The summed E-state index contributed by atoms with van der Waals surface area (Å²) in [4.78, 5) is 28.2. The van der Waals surface area contributed by atoms with E-state index in [1.54, 1.807) is 16.7 Å². The van der Waals surface area contributed by atoms with Crippen LogP contribution in [0.5, 0.6) is 0 Å². The van der Waals surface area contributed by atoms with Gasteiger partial charge in [0.05, 0.1) is 18.8 Å². The van der Waals surface area contributed by atoms with Gasteiger partial charge in [0.2, 0.25) is 0 Å². The third kappa shape index (κ3) is 3.95. The van der Waals surface area contributed by atoms with E-state index in [4.69, 9.17) is 8.94 Å². The first-order chi connectivity index (χ1) is 15.0. The molecule has 2 aliphatic heterocycles. The third-order valence-electron chi connectivity index (χ3n) is 6.20. The van der Waals surface area contributed by atoms with Gasteiger partial charge in [-0.2, -0.15) is 0 Å². The van der Waals surface area contributed by atoms with Crippen molar-refractivity contribution in [1.29, 1.82) is 0 Å². The van der Waals surface area contributed by atoms with Crippen LogP contribution in [0.25, 0.3) is 0 Å². The van der Waals surface area contributed by atoms with Crippen molar-refractivity contribution in [2.75, 3.05) is 13.1 Å². The number of amides is 1. The largest absolute Gasteiger partial charge is 0.465 e. The number of pyridine rings is 1. The highest BCUT2D eigenvalue weighted by Gasteiger charge is 2.35. The standard InChI is InChI=1S/C23H26N4O4/c1-14-7-19(31-25-14)9-24-22(28)20-5-6-21-17-8-16(11-27(21)23(20)29)10-26(12-17)13-18-4-3-15(2)30-18/h3-7,16-17H,8-13H2,1-2H3,(H,24,28)/t16-,17+/m0/s1. The lowest BCUT2D eigenvalue weighted by Crippen LogP contribution is -2.47. The van der Waals surface area contributed by atoms with E-state index in [-0.39, 0.29) is 29.5 Å². The minimum Gasteiger partial charge on any atom is -0.465 e. The summed E-state index contributed by atoms with van der Waals surface area (Å²) in [7, 11) is 0. The van der Waals surface area contributed by atoms with E-state index in [1.165, 1.54) is 0 Å². The van der Waals surface area contributed by atoms with Crippen LogP contribution in [-0.2, 0) is 19.6 Å². The van der Waals surface area contributed by atoms with Crippen LogP contribution < -0.4 is 10.9 Å². The van der Waals surface area contributed by atoms with Crippen LogP contribution in [-0.4, -0.2) is 33.6 Å². The molecule has 8 nitrogen and oxygen atoms in total. The zero-order chi connectivity index (χ0) is 21.5. The molecule has 2 atom stereocenters. The van der Waals surface area contributed by atoms with E-state index < -0.39 is 0 Å². The topological polar surface area (TPSA) is 93.5 Å². The number of aryl methyl sites for hydroxylation is 2. The lowest BCUT2D eigenvalue weighted by molar-refractivity contribution is 0.0937. The van der Waals surface area contributed by atoms with E-state index in [0.717, 1.165) is 49.0 Å². The first kappa shape index (κ1) is 19.8. The third-order valence-corrected chi connectivity index (χ3v) is 6.20. The lowest BCUT2D eigenvalue weighted by Gasteiger charge is -2.42. The molecule has 0 unspecified atom stereocenters. The second kappa shape index (κ2) is 7.85. The monoisotopic (exact) mass is 422 g/mol. The Balaban J connectivity index is 1.32. The first-order valence-electron chi connectivity index (χ1n) is 10.7. The minimum atomic E-state index is -0.389. The molecule has 2 aliphatic rings. The Kier molecular flexibility index (Phi) is 5.02. The zero-order valence-electron chi connectivity index (χ0n) is 17.8. The SMILES string of the molecule is Cc1cc(CNC(=O)c2ccc3n(c2=O)C[C@H]2C[C@@H]3CN(Cc3ccc(C)o3)C2)on1. The van der Waals surface area contributed by atoms with E-state index in [9.17, 15) is 9.59 Å². The smallest absolute Gasteiger partial charge is 0.263 e. The number of aromatic nitrogens is 2. The second-order valence-corrected chi connectivity index (χ2v) is 8.71. The molecular formula is C23H26N4O4. The van der Waals surface area contributed by atoms with Gasteiger partial charge in [0.25, 0.3) is 11.5 Å². The number of carbonyl (C=O) groups is 1. The fraction of sp³-hybridized carbons (Fsp3) is 0.435. The summed E-state index contributed by atoms with van der Waals surface area (Å²) >= 11 is 0. The Morgan fingerprint density at radius 3 is 2.77 bits per heavy atom. The fourth-order valence-electron chi connectivity index (χ4n) is 4.90. The van der Waals surface area contributed by atoms with Crippen LogP contribution in [0.3, 0.4) is 0 Å². The van der Waals surface area contributed by atoms with Gasteiger partial charge >= 0.3 is 0 Å². The van der Waals surface area contributed by atoms with Crippen molar-refractivity contribution in [3.8, 4) is 0 Å². The molecule has 3 aromatic heterocycles. The van der Waals surface area contributed by atoms with E-state index in [2.05, 4.69) is 15.4 Å². The van der Waals surface area contributed by atoms with E-state index in [1.807, 2.05) is 32.0 Å². The summed E-state index contributed by atoms with van der Waals surface area (Å²) in [6, 6.07) is 9.38. The summed E-state index contributed by atoms with van der Waals surface area (Å²) in [5, 5.41) is 6.56. The molecule has 8 heteroatoms. The molecule has 1 amide bonds. The maximum Gasteiger partial charge on any atom is 0.263 e. The van der Waals surface area contributed by atoms with Crippen LogP contribution in [0.15, 0.2) is 44.1 Å². The highest BCUT2D eigenvalue weighted by Crippen LogP contribution is 2.35. The number of nitrogens with one attached hydrogen (secondary N) is 1. The predicted octanol–water partition coefficient (Wildman–Crippen LogP) is 2.60. The first-order valence-corrected chi connectivity index (χ1v) is 10.7. The van der Waals surface area contributed by atoms with Gasteiger partial charge in [-0.3, -0.25) is 14.5 Å². The van der Waals surface area contributed by atoms with Crippen molar-refractivity contribution >= 4 is 5.91 Å². The Morgan fingerprint density at radius 1 is 1.16 bits per heavy atom. The number of hydrogen-bond donors (Lipinski definition) is 1. The van der Waals surface area contributed by atoms with Crippen LogP contribution in [0, 0.1) is 19.8 Å². The summed E-state index contributed by atoms with van der Waals surface area (Å²) in [6.45, 7) is 7.20. The van der Waals surface area contributed by atoms with Crippen molar-refractivity contribution in [2.24, 2.45) is 5.92 Å². The minimum absolute atomic E-state index is 0.169. The maximum atomic E-state index is 13.1. The van der Waals surface area contributed by atoms with Crippen molar-refractivity contribution < 1.29 is 13.7 Å². The number of furan rings is 1. The van der Waals surface area contributed by atoms with Gasteiger partial charge in [0.1, 0.15) is 17.1 Å². The number of likely N-dealkylation sites (tertiary alicyclic amines) is 1. The molecule has 1 fully saturated rings. The summed E-state index contributed by atoms with van der Waals surface area (Å²) in [6.07, 6.45) is 1.07. The fourth-order valence-corrected chi connectivity index (χ4v) is 4.90. The van der Waals surface area contributed by atoms with Gasteiger partial charge in [-0.15, -0.1) is 0 Å².